The Kier molecular flexibility index (Phi) is 3.24. The topological polar surface area (TPSA) is 73.1 Å². The van der Waals surface area contributed by atoms with E-state index in [2.05, 4.69) is 15.3 Å². The number of aryl methyl sites for hydroxylation is 1. The summed E-state index contributed by atoms with van der Waals surface area (Å²) in [7, 11) is 0. The van der Waals surface area contributed by atoms with Crippen LogP contribution < -0.4 is 11.1 Å². The minimum atomic E-state index is 0.314. The van der Waals surface area contributed by atoms with E-state index in [1.165, 1.54) is 0 Å². The molecule has 1 fully saturated rings. The normalized spacial score (nSPS) is 23.9. The first kappa shape index (κ1) is 11.1. The third kappa shape index (κ3) is 2.41. The first-order chi connectivity index (χ1) is 7.69. The predicted molar refractivity (Wildman–Crippen MR) is 63.2 cm³/mol. The maximum absolute atomic E-state index is 5.55. The minimum Gasteiger partial charge on any atom is -0.378 e. The van der Waals surface area contributed by atoms with Gasteiger partial charge in [0.25, 0.3) is 0 Å². The number of aromatic nitrogens is 2. The van der Waals surface area contributed by atoms with Crippen LogP contribution in [0.25, 0.3) is 0 Å². The first-order valence-corrected chi connectivity index (χ1v) is 5.66. The SMILES string of the molecule is CCOC1CC(Nc2nc(N)ncc2C)C1. The monoisotopic (exact) mass is 222 g/mol. The summed E-state index contributed by atoms with van der Waals surface area (Å²) in [6.07, 6.45) is 4.22. The maximum Gasteiger partial charge on any atom is 0.221 e. The van der Waals surface area contributed by atoms with Crippen LogP contribution in [0.1, 0.15) is 25.3 Å². The summed E-state index contributed by atoms with van der Waals surface area (Å²) in [6, 6.07) is 0.449. The lowest BCUT2D eigenvalue weighted by Crippen LogP contribution is -2.41. The molecule has 1 saturated carbocycles. The van der Waals surface area contributed by atoms with Gasteiger partial charge in [-0.3, -0.25) is 0 Å². The fourth-order valence-corrected chi connectivity index (χ4v) is 1.85. The molecular formula is C11H18N4O. The number of hydrogen-bond donors (Lipinski definition) is 2. The smallest absolute Gasteiger partial charge is 0.221 e. The highest BCUT2D eigenvalue weighted by Crippen LogP contribution is 2.27. The predicted octanol–water partition coefficient (Wildman–Crippen LogP) is 1.35. The Balaban J connectivity index is 1.89. The van der Waals surface area contributed by atoms with Crippen LogP contribution in [0.4, 0.5) is 11.8 Å². The highest BCUT2D eigenvalue weighted by atomic mass is 16.5. The molecular weight excluding hydrogens is 204 g/mol. The number of nitrogens with zero attached hydrogens (tertiary/aromatic N) is 2. The molecule has 0 aliphatic heterocycles. The van der Waals surface area contributed by atoms with E-state index in [1.54, 1.807) is 6.20 Å². The minimum absolute atomic E-state index is 0.314. The molecule has 0 radical (unpaired) electrons. The van der Waals surface area contributed by atoms with Gasteiger partial charge in [-0.1, -0.05) is 0 Å². The number of nitrogens with one attached hydrogen (secondary N) is 1. The molecule has 0 saturated heterocycles. The molecule has 1 aliphatic carbocycles. The lowest BCUT2D eigenvalue weighted by atomic mass is 9.89. The standard InChI is InChI=1S/C11H18N4O/c1-3-16-9-4-8(5-9)14-10-7(2)6-13-11(12)15-10/h6,8-9H,3-5H2,1-2H3,(H3,12,13,14,15). The Morgan fingerprint density at radius 3 is 3.00 bits per heavy atom. The molecule has 0 spiro atoms. The van der Waals surface area contributed by atoms with Crippen molar-refractivity contribution in [2.75, 3.05) is 17.7 Å². The maximum atomic E-state index is 5.55. The van der Waals surface area contributed by atoms with Crippen LogP contribution in [0.5, 0.6) is 0 Å². The molecule has 1 heterocycles. The zero-order valence-electron chi connectivity index (χ0n) is 9.73. The van der Waals surface area contributed by atoms with Crippen molar-refractivity contribution >= 4 is 11.8 Å². The Morgan fingerprint density at radius 1 is 1.56 bits per heavy atom. The molecule has 0 unspecified atom stereocenters. The average molecular weight is 222 g/mol. The second-order valence-corrected chi connectivity index (χ2v) is 4.15. The summed E-state index contributed by atoms with van der Waals surface area (Å²) in [4.78, 5) is 8.12. The largest absolute Gasteiger partial charge is 0.378 e. The second-order valence-electron chi connectivity index (χ2n) is 4.15. The first-order valence-electron chi connectivity index (χ1n) is 5.66. The molecule has 1 aromatic heterocycles. The number of nitrogens with two attached hydrogens (primary N) is 1. The van der Waals surface area contributed by atoms with Crippen LogP contribution in [0.3, 0.4) is 0 Å². The highest BCUT2D eigenvalue weighted by Gasteiger charge is 2.29. The highest BCUT2D eigenvalue weighted by molar-refractivity contribution is 5.46. The fourth-order valence-electron chi connectivity index (χ4n) is 1.85. The molecule has 1 aromatic rings. The van der Waals surface area contributed by atoms with Gasteiger partial charge in [0.2, 0.25) is 5.95 Å². The van der Waals surface area contributed by atoms with E-state index in [0.29, 0.717) is 18.1 Å². The van der Waals surface area contributed by atoms with Gasteiger partial charge in [-0.05, 0) is 26.7 Å². The van der Waals surface area contributed by atoms with Crippen molar-refractivity contribution in [1.29, 1.82) is 0 Å². The summed E-state index contributed by atoms with van der Waals surface area (Å²) in [6.45, 7) is 4.79. The van der Waals surface area contributed by atoms with Crippen molar-refractivity contribution in [3.8, 4) is 0 Å². The van der Waals surface area contributed by atoms with Gasteiger partial charge in [-0.25, -0.2) is 4.98 Å². The van der Waals surface area contributed by atoms with Gasteiger partial charge in [0.1, 0.15) is 5.82 Å². The Labute approximate surface area is 95.4 Å². The van der Waals surface area contributed by atoms with Crippen LogP contribution in [0, 0.1) is 6.92 Å². The number of anilines is 2. The molecule has 2 rings (SSSR count). The summed E-state index contributed by atoms with van der Waals surface area (Å²) < 4.78 is 5.50. The van der Waals surface area contributed by atoms with Crippen molar-refractivity contribution in [2.24, 2.45) is 0 Å². The Bertz CT molecular complexity index is 363. The summed E-state index contributed by atoms with van der Waals surface area (Å²) in [5, 5.41) is 3.36. The summed E-state index contributed by atoms with van der Waals surface area (Å²) in [5.74, 6) is 1.15. The number of rotatable bonds is 4. The molecule has 5 nitrogen and oxygen atoms in total. The fraction of sp³-hybridized carbons (Fsp3) is 0.636. The van der Waals surface area contributed by atoms with Crippen molar-refractivity contribution < 1.29 is 4.74 Å². The average Bonchev–Trinajstić information content (AvgIpc) is 2.20. The van der Waals surface area contributed by atoms with E-state index >= 15 is 0 Å². The zero-order valence-corrected chi connectivity index (χ0v) is 9.73. The molecule has 3 N–H and O–H groups in total. The number of nitrogen functional groups attached to an aromatic ring is 1. The van der Waals surface area contributed by atoms with Gasteiger partial charge >= 0.3 is 0 Å². The summed E-state index contributed by atoms with van der Waals surface area (Å²) >= 11 is 0. The van der Waals surface area contributed by atoms with E-state index in [1.807, 2.05) is 13.8 Å². The van der Waals surface area contributed by atoms with Crippen LogP contribution in [-0.4, -0.2) is 28.7 Å². The quantitative estimate of drug-likeness (QED) is 0.804. The van der Waals surface area contributed by atoms with E-state index in [9.17, 15) is 0 Å². The van der Waals surface area contributed by atoms with E-state index in [0.717, 1.165) is 30.8 Å². The second kappa shape index (κ2) is 4.65. The van der Waals surface area contributed by atoms with Crippen LogP contribution >= 0.6 is 0 Å². The van der Waals surface area contributed by atoms with E-state index < -0.39 is 0 Å². The van der Waals surface area contributed by atoms with Gasteiger partial charge in [0.05, 0.1) is 6.10 Å². The molecule has 0 amide bonds. The molecule has 88 valence electrons. The van der Waals surface area contributed by atoms with Gasteiger partial charge in [-0.15, -0.1) is 0 Å². The molecule has 1 aliphatic rings. The van der Waals surface area contributed by atoms with Crippen molar-refractivity contribution in [3.63, 3.8) is 0 Å². The number of ether oxygens (including phenoxy) is 1. The van der Waals surface area contributed by atoms with E-state index in [-0.39, 0.29) is 0 Å². The van der Waals surface area contributed by atoms with Crippen molar-refractivity contribution in [1.82, 2.24) is 9.97 Å². The molecule has 0 atom stereocenters. The lowest BCUT2D eigenvalue weighted by Gasteiger charge is -2.35. The third-order valence-electron chi connectivity index (χ3n) is 2.83. The van der Waals surface area contributed by atoms with Crippen molar-refractivity contribution in [3.05, 3.63) is 11.8 Å². The van der Waals surface area contributed by atoms with Gasteiger partial charge in [0, 0.05) is 24.4 Å². The van der Waals surface area contributed by atoms with Crippen LogP contribution in [-0.2, 0) is 4.74 Å². The Morgan fingerprint density at radius 2 is 2.31 bits per heavy atom. The lowest BCUT2D eigenvalue weighted by molar-refractivity contribution is 0.00291. The number of hydrogen-bond acceptors (Lipinski definition) is 5. The van der Waals surface area contributed by atoms with Gasteiger partial charge in [0.15, 0.2) is 0 Å². The van der Waals surface area contributed by atoms with Gasteiger partial charge in [-0.2, -0.15) is 4.98 Å². The van der Waals surface area contributed by atoms with Crippen molar-refractivity contribution in [2.45, 2.75) is 38.8 Å². The van der Waals surface area contributed by atoms with Crippen LogP contribution in [0.2, 0.25) is 0 Å². The summed E-state index contributed by atoms with van der Waals surface area (Å²) in [5.41, 5.74) is 6.57. The zero-order chi connectivity index (χ0) is 11.5. The third-order valence-corrected chi connectivity index (χ3v) is 2.83. The van der Waals surface area contributed by atoms with E-state index in [4.69, 9.17) is 10.5 Å². The molecule has 5 heteroatoms. The van der Waals surface area contributed by atoms with Gasteiger partial charge < -0.3 is 15.8 Å². The van der Waals surface area contributed by atoms with Crippen LogP contribution in [0.15, 0.2) is 6.20 Å². The Hall–Kier alpha value is -1.36. The molecule has 0 bridgehead atoms. The molecule has 0 aromatic carbocycles. The molecule has 16 heavy (non-hydrogen) atoms.